The van der Waals surface area contributed by atoms with Crippen molar-refractivity contribution in [1.29, 1.82) is 0 Å². The van der Waals surface area contributed by atoms with Gasteiger partial charge in [0.25, 0.3) is 5.69 Å². The van der Waals surface area contributed by atoms with E-state index >= 15 is 0 Å². The zero-order valence-electron chi connectivity index (χ0n) is 14.0. The van der Waals surface area contributed by atoms with Gasteiger partial charge in [0.1, 0.15) is 11.4 Å². The summed E-state index contributed by atoms with van der Waals surface area (Å²) in [4.78, 5) is 22.7. The lowest BCUT2D eigenvalue weighted by Gasteiger charge is -2.10. The number of rotatable bonds is 7. The van der Waals surface area contributed by atoms with Crippen LogP contribution in [-0.4, -0.2) is 34.2 Å². The number of carbonyl (C=O) groups excluding carboxylic acids is 1. The van der Waals surface area contributed by atoms with Gasteiger partial charge >= 0.3 is 0 Å². The van der Waals surface area contributed by atoms with Crippen molar-refractivity contribution in [3.8, 4) is 5.75 Å². The highest BCUT2D eigenvalue weighted by Gasteiger charge is 2.18. The standard InChI is InChI=1S/C17H17ClN4O5/c18-12-8-15(20-5-6-23)16(22(26)27)9-14(12)21-17(25)4-1-10-7-11(24)2-3-13(10)19/h1-4,7-9,20,23-24H,5-6,19H2,(H,21,25). The zero-order chi connectivity index (χ0) is 20.0. The summed E-state index contributed by atoms with van der Waals surface area (Å²) in [6, 6.07) is 6.71. The molecule has 0 aliphatic heterocycles. The van der Waals surface area contributed by atoms with Gasteiger partial charge in [-0.2, -0.15) is 0 Å². The fourth-order valence-corrected chi connectivity index (χ4v) is 2.40. The second-order valence-electron chi connectivity index (χ2n) is 5.39. The number of nitrogen functional groups attached to an aromatic ring is 1. The average molecular weight is 393 g/mol. The van der Waals surface area contributed by atoms with E-state index in [1.165, 1.54) is 30.3 Å². The van der Waals surface area contributed by atoms with E-state index in [9.17, 15) is 20.0 Å². The molecule has 6 N–H and O–H groups in total. The average Bonchev–Trinajstić information content (AvgIpc) is 2.62. The molecule has 0 aliphatic carbocycles. The number of nitro benzene ring substituents is 1. The normalized spacial score (nSPS) is 10.7. The molecule has 0 saturated heterocycles. The van der Waals surface area contributed by atoms with Crippen molar-refractivity contribution < 1.29 is 19.9 Å². The minimum Gasteiger partial charge on any atom is -0.508 e. The Hall–Kier alpha value is -3.30. The van der Waals surface area contributed by atoms with Crippen molar-refractivity contribution in [2.24, 2.45) is 0 Å². The molecule has 2 aromatic rings. The quantitative estimate of drug-likeness (QED) is 0.160. The van der Waals surface area contributed by atoms with Gasteiger partial charge in [-0.15, -0.1) is 0 Å². The molecular formula is C17H17ClN4O5. The Kier molecular flexibility index (Phi) is 6.58. The second-order valence-corrected chi connectivity index (χ2v) is 5.80. The van der Waals surface area contributed by atoms with E-state index in [1.54, 1.807) is 0 Å². The lowest BCUT2D eigenvalue weighted by atomic mass is 10.1. The van der Waals surface area contributed by atoms with Crippen LogP contribution in [0.15, 0.2) is 36.4 Å². The van der Waals surface area contributed by atoms with E-state index in [0.29, 0.717) is 11.3 Å². The number of aliphatic hydroxyl groups is 1. The van der Waals surface area contributed by atoms with Gasteiger partial charge < -0.3 is 26.6 Å². The lowest BCUT2D eigenvalue weighted by molar-refractivity contribution is -0.383. The van der Waals surface area contributed by atoms with E-state index < -0.39 is 10.8 Å². The Morgan fingerprint density at radius 1 is 1.30 bits per heavy atom. The molecule has 10 heteroatoms. The highest BCUT2D eigenvalue weighted by molar-refractivity contribution is 6.34. The molecule has 2 rings (SSSR count). The molecular weight excluding hydrogens is 376 g/mol. The summed E-state index contributed by atoms with van der Waals surface area (Å²) in [6.07, 6.45) is 2.55. The topological polar surface area (TPSA) is 151 Å². The van der Waals surface area contributed by atoms with Gasteiger partial charge in [0.2, 0.25) is 5.91 Å². The van der Waals surface area contributed by atoms with Crippen molar-refractivity contribution in [3.63, 3.8) is 0 Å². The molecule has 9 nitrogen and oxygen atoms in total. The monoisotopic (exact) mass is 392 g/mol. The molecule has 0 saturated carbocycles. The number of aromatic hydroxyl groups is 1. The fourth-order valence-electron chi connectivity index (χ4n) is 2.19. The molecule has 0 heterocycles. The van der Waals surface area contributed by atoms with Crippen LogP contribution in [0.2, 0.25) is 5.02 Å². The van der Waals surface area contributed by atoms with Gasteiger partial charge in [-0.3, -0.25) is 14.9 Å². The second kappa shape index (κ2) is 8.88. The van der Waals surface area contributed by atoms with Crippen LogP contribution in [0.25, 0.3) is 6.08 Å². The molecule has 0 atom stereocenters. The number of nitro groups is 1. The number of benzene rings is 2. The number of halogens is 1. The van der Waals surface area contributed by atoms with Crippen LogP contribution in [0.4, 0.5) is 22.7 Å². The SMILES string of the molecule is Nc1ccc(O)cc1C=CC(=O)Nc1cc([N+](=O)[O-])c(NCCO)cc1Cl. The molecule has 0 radical (unpaired) electrons. The van der Waals surface area contributed by atoms with Crippen molar-refractivity contribution in [2.45, 2.75) is 0 Å². The third kappa shape index (κ3) is 5.33. The number of hydrogen-bond acceptors (Lipinski definition) is 7. The Labute approximate surface area is 159 Å². The minimum atomic E-state index is -0.630. The number of phenolic OH excluding ortho intramolecular Hbond substituents is 1. The van der Waals surface area contributed by atoms with Crippen LogP contribution in [0.3, 0.4) is 0 Å². The van der Waals surface area contributed by atoms with E-state index in [2.05, 4.69) is 10.6 Å². The van der Waals surface area contributed by atoms with Gasteiger partial charge in [0.15, 0.2) is 0 Å². The maximum absolute atomic E-state index is 12.1. The van der Waals surface area contributed by atoms with Gasteiger partial charge in [-0.25, -0.2) is 0 Å². The van der Waals surface area contributed by atoms with Crippen LogP contribution >= 0.6 is 11.6 Å². The van der Waals surface area contributed by atoms with Crippen molar-refractivity contribution in [3.05, 3.63) is 57.1 Å². The largest absolute Gasteiger partial charge is 0.508 e. The Morgan fingerprint density at radius 2 is 2.04 bits per heavy atom. The summed E-state index contributed by atoms with van der Waals surface area (Å²) in [7, 11) is 0. The number of amides is 1. The Morgan fingerprint density at radius 3 is 2.70 bits per heavy atom. The number of carbonyl (C=O) groups is 1. The zero-order valence-corrected chi connectivity index (χ0v) is 14.7. The smallest absolute Gasteiger partial charge is 0.294 e. The molecule has 0 aliphatic rings. The van der Waals surface area contributed by atoms with Gasteiger partial charge in [0.05, 0.1) is 22.2 Å². The molecule has 0 aromatic heterocycles. The number of phenols is 1. The van der Waals surface area contributed by atoms with E-state index in [0.717, 1.165) is 12.1 Å². The highest BCUT2D eigenvalue weighted by atomic mass is 35.5. The van der Waals surface area contributed by atoms with Crippen LogP contribution in [0.1, 0.15) is 5.56 Å². The van der Waals surface area contributed by atoms with Crippen LogP contribution in [-0.2, 0) is 4.79 Å². The molecule has 142 valence electrons. The number of nitrogens with two attached hydrogens (primary N) is 1. The molecule has 1 amide bonds. The molecule has 0 unspecified atom stereocenters. The number of nitrogens with zero attached hydrogens (tertiary/aromatic N) is 1. The maximum atomic E-state index is 12.1. The maximum Gasteiger partial charge on any atom is 0.294 e. The number of hydrogen-bond donors (Lipinski definition) is 5. The van der Waals surface area contributed by atoms with E-state index in [-0.39, 0.29) is 41.0 Å². The molecule has 0 fully saturated rings. The summed E-state index contributed by atoms with van der Waals surface area (Å²) in [6.45, 7) is -0.104. The minimum absolute atomic E-state index is 0.00565. The molecule has 0 spiro atoms. The summed E-state index contributed by atoms with van der Waals surface area (Å²) in [5.74, 6) is -0.598. The first kappa shape index (κ1) is 20.0. The van der Waals surface area contributed by atoms with Crippen LogP contribution in [0, 0.1) is 10.1 Å². The summed E-state index contributed by atoms with van der Waals surface area (Å²) in [5.41, 5.74) is 6.42. The molecule has 0 bridgehead atoms. The van der Waals surface area contributed by atoms with Gasteiger partial charge in [-0.1, -0.05) is 11.6 Å². The Balaban J connectivity index is 2.21. The number of aliphatic hydroxyl groups excluding tert-OH is 1. The number of nitrogens with one attached hydrogen (secondary N) is 2. The van der Waals surface area contributed by atoms with Crippen molar-refractivity contribution in [1.82, 2.24) is 0 Å². The summed E-state index contributed by atoms with van der Waals surface area (Å²) in [5, 5.41) is 34.7. The summed E-state index contributed by atoms with van der Waals surface area (Å²) < 4.78 is 0. The predicted molar refractivity (Wildman–Crippen MR) is 104 cm³/mol. The molecule has 27 heavy (non-hydrogen) atoms. The third-order valence-electron chi connectivity index (χ3n) is 3.45. The predicted octanol–water partition coefficient (Wildman–Crippen LogP) is 2.59. The van der Waals surface area contributed by atoms with E-state index in [4.69, 9.17) is 22.4 Å². The van der Waals surface area contributed by atoms with Gasteiger partial charge in [-0.05, 0) is 30.3 Å². The van der Waals surface area contributed by atoms with Crippen molar-refractivity contribution >= 4 is 46.3 Å². The first-order valence-corrected chi connectivity index (χ1v) is 8.10. The first-order valence-electron chi connectivity index (χ1n) is 7.72. The first-order chi connectivity index (χ1) is 12.8. The van der Waals surface area contributed by atoms with Crippen molar-refractivity contribution in [2.75, 3.05) is 29.5 Å². The number of anilines is 3. The fraction of sp³-hybridized carbons (Fsp3) is 0.118. The van der Waals surface area contributed by atoms with Crippen LogP contribution in [0.5, 0.6) is 5.75 Å². The van der Waals surface area contributed by atoms with E-state index in [1.807, 2.05) is 0 Å². The summed E-state index contributed by atoms with van der Waals surface area (Å²) >= 11 is 6.08. The van der Waals surface area contributed by atoms with Gasteiger partial charge in [0, 0.05) is 29.9 Å². The Bertz CT molecular complexity index is 901. The molecule has 2 aromatic carbocycles. The third-order valence-corrected chi connectivity index (χ3v) is 3.76. The lowest BCUT2D eigenvalue weighted by Crippen LogP contribution is -2.11. The van der Waals surface area contributed by atoms with Crippen LogP contribution < -0.4 is 16.4 Å². The highest BCUT2D eigenvalue weighted by Crippen LogP contribution is 2.34.